The molecule has 3 rings (SSSR count). The predicted octanol–water partition coefficient (Wildman–Crippen LogP) is 5.24. The van der Waals surface area contributed by atoms with Gasteiger partial charge in [0.05, 0.1) is 12.2 Å². The van der Waals surface area contributed by atoms with Crippen LogP contribution in [0.25, 0.3) is 0 Å². The van der Waals surface area contributed by atoms with Crippen molar-refractivity contribution in [2.45, 2.75) is 13.2 Å². The van der Waals surface area contributed by atoms with Gasteiger partial charge in [-0.2, -0.15) is 0 Å². The van der Waals surface area contributed by atoms with E-state index in [1.165, 1.54) is 12.1 Å². The molecule has 3 aromatic rings. The number of nitrogens with zero attached hydrogens (tertiary/aromatic N) is 1. The van der Waals surface area contributed by atoms with Crippen LogP contribution in [0.1, 0.15) is 10.7 Å². The minimum Gasteiger partial charge on any atom is -0.486 e. The topological polar surface area (TPSA) is 34.1 Å². The summed E-state index contributed by atoms with van der Waals surface area (Å²) in [4.78, 5) is 4.52. The molecular formula is C17H14BrFN2OS. The van der Waals surface area contributed by atoms with Gasteiger partial charge in [0.1, 0.15) is 23.2 Å². The molecule has 0 fully saturated rings. The lowest BCUT2D eigenvalue weighted by Crippen LogP contribution is -2.00. The van der Waals surface area contributed by atoms with Gasteiger partial charge >= 0.3 is 0 Å². The summed E-state index contributed by atoms with van der Waals surface area (Å²) in [5.74, 6) is 0.365. The Morgan fingerprint density at radius 1 is 1.09 bits per heavy atom. The highest BCUT2D eigenvalue weighted by Gasteiger charge is 2.04. The number of rotatable bonds is 6. The first-order valence-corrected chi connectivity index (χ1v) is 8.67. The Morgan fingerprint density at radius 2 is 1.83 bits per heavy atom. The molecular weight excluding hydrogens is 379 g/mol. The van der Waals surface area contributed by atoms with E-state index in [-0.39, 0.29) is 5.82 Å². The van der Waals surface area contributed by atoms with Gasteiger partial charge in [-0.3, -0.25) is 0 Å². The Kier molecular flexibility index (Phi) is 5.25. The molecule has 0 aliphatic rings. The normalized spacial score (nSPS) is 10.5. The molecule has 0 amide bonds. The Morgan fingerprint density at radius 3 is 2.57 bits per heavy atom. The van der Waals surface area contributed by atoms with Gasteiger partial charge in [0.25, 0.3) is 0 Å². The second-order valence-electron chi connectivity index (χ2n) is 4.84. The van der Waals surface area contributed by atoms with Crippen molar-refractivity contribution in [3.8, 4) is 5.75 Å². The van der Waals surface area contributed by atoms with Crippen LogP contribution in [0.2, 0.25) is 0 Å². The Labute approximate surface area is 146 Å². The predicted molar refractivity (Wildman–Crippen MR) is 94.3 cm³/mol. The van der Waals surface area contributed by atoms with Crippen molar-refractivity contribution in [1.29, 1.82) is 0 Å². The molecule has 23 heavy (non-hydrogen) atoms. The summed E-state index contributed by atoms with van der Waals surface area (Å²) < 4.78 is 19.5. The number of nitrogens with one attached hydrogen (secondary N) is 1. The molecule has 1 N–H and O–H groups in total. The van der Waals surface area contributed by atoms with E-state index in [0.717, 1.165) is 20.9 Å². The number of hydrogen-bond acceptors (Lipinski definition) is 4. The molecule has 0 radical (unpaired) electrons. The molecule has 6 heteroatoms. The first kappa shape index (κ1) is 16.0. The second kappa shape index (κ2) is 7.57. The van der Waals surface area contributed by atoms with Crippen LogP contribution < -0.4 is 10.1 Å². The zero-order valence-electron chi connectivity index (χ0n) is 12.1. The summed E-state index contributed by atoms with van der Waals surface area (Å²) in [6, 6.07) is 14.0. The summed E-state index contributed by atoms with van der Waals surface area (Å²) in [5.41, 5.74) is 2.01. The molecule has 0 bridgehead atoms. The first-order valence-electron chi connectivity index (χ1n) is 7.00. The number of anilines is 1. The molecule has 0 saturated carbocycles. The van der Waals surface area contributed by atoms with Gasteiger partial charge in [0.2, 0.25) is 0 Å². The highest BCUT2D eigenvalue weighted by Crippen LogP contribution is 2.18. The van der Waals surface area contributed by atoms with Gasteiger partial charge in [-0.1, -0.05) is 15.9 Å². The van der Waals surface area contributed by atoms with Crippen LogP contribution in [-0.2, 0) is 13.2 Å². The third kappa shape index (κ3) is 4.77. The maximum absolute atomic E-state index is 12.8. The summed E-state index contributed by atoms with van der Waals surface area (Å²) in [5, 5.41) is 6.22. The van der Waals surface area contributed by atoms with Crippen LogP contribution in [0.15, 0.2) is 58.4 Å². The van der Waals surface area contributed by atoms with E-state index in [1.807, 2.05) is 29.6 Å². The molecule has 2 aromatic carbocycles. The maximum Gasteiger partial charge on any atom is 0.140 e. The Balaban J connectivity index is 1.51. The van der Waals surface area contributed by atoms with E-state index in [9.17, 15) is 4.39 Å². The van der Waals surface area contributed by atoms with Crippen molar-refractivity contribution in [3.63, 3.8) is 0 Å². The van der Waals surface area contributed by atoms with Crippen molar-refractivity contribution in [2.75, 3.05) is 5.32 Å². The SMILES string of the molecule is Fc1ccc(OCc2nc(CNc3ccc(Br)cc3)cs2)cc1. The van der Waals surface area contributed by atoms with Gasteiger partial charge in [0.15, 0.2) is 0 Å². The van der Waals surface area contributed by atoms with Gasteiger partial charge < -0.3 is 10.1 Å². The summed E-state index contributed by atoms with van der Waals surface area (Å²) >= 11 is 4.96. The van der Waals surface area contributed by atoms with E-state index in [4.69, 9.17) is 4.74 Å². The van der Waals surface area contributed by atoms with Crippen molar-refractivity contribution in [3.05, 3.63) is 74.9 Å². The average molecular weight is 393 g/mol. The largest absolute Gasteiger partial charge is 0.486 e. The van der Waals surface area contributed by atoms with E-state index in [1.54, 1.807) is 23.5 Å². The second-order valence-corrected chi connectivity index (χ2v) is 6.69. The van der Waals surface area contributed by atoms with Crippen LogP contribution in [0, 0.1) is 5.82 Å². The first-order chi connectivity index (χ1) is 11.2. The van der Waals surface area contributed by atoms with E-state index in [0.29, 0.717) is 18.9 Å². The van der Waals surface area contributed by atoms with Gasteiger partial charge in [-0.05, 0) is 48.5 Å². The lowest BCUT2D eigenvalue weighted by atomic mass is 10.3. The Bertz CT molecular complexity index is 695. The van der Waals surface area contributed by atoms with Crippen LogP contribution in [-0.4, -0.2) is 4.98 Å². The van der Waals surface area contributed by atoms with Crippen LogP contribution in [0.3, 0.4) is 0 Å². The highest BCUT2D eigenvalue weighted by atomic mass is 79.9. The number of thiazole rings is 1. The molecule has 0 atom stereocenters. The molecule has 3 nitrogen and oxygen atoms in total. The Hall–Kier alpha value is -1.92. The van der Waals surface area contributed by atoms with E-state index < -0.39 is 0 Å². The fraction of sp³-hybridized carbons (Fsp3) is 0.118. The quantitative estimate of drug-likeness (QED) is 0.622. The molecule has 0 aliphatic heterocycles. The minimum atomic E-state index is -0.270. The molecule has 0 aliphatic carbocycles. The maximum atomic E-state index is 12.8. The zero-order chi connectivity index (χ0) is 16.1. The third-order valence-corrected chi connectivity index (χ3v) is 4.49. The van der Waals surface area contributed by atoms with E-state index >= 15 is 0 Å². The summed E-state index contributed by atoms with van der Waals surface area (Å²) in [6.45, 7) is 1.04. The number of ether oxygens (including phenoxy) is 1. The molecule has 0 spiro atoms. The fourth-order valence-corrected chi connectivity index (χ4v) is 2.90. The highest BCUT2D eigenvalue weighted by molar-refractivity contribution is 9.10. The van der Waals surface area contributed by atoms with Crippen LogP contribution in [0.4, 0.5) is 10.1 Å². The third-order valence-electron chi connectivity index (χ3n) is 3.09. The standard InChI is InChI=1S/C17H14BrFN2OS/c18-12-1-5-14(6-2-12)20-9-15-11-23-17(21-15)10-22-16-7-3-13(19)4-8-16/h1-8,11,20H,9-10H2. The molecule has 1 aromatic heterocycles. The van der Waals surface area contributed by atoms with Crippen LogP contribution in [0.5, 0.6) is 5.75 Å². The molecule has 0 unspecified atom stereocenters. The van der Waals surface area contributed by atoms with Crippen molar-refractivity contribution >= 4 is 33.0 Å². The molecule has 0 saturated heterocycles. The van der Waals surface area contributed by atoms with Gasteiger partial charge in [-0.25, -0.2) is 9.37 Å². The number of hydrogen-bond donors (Lipinski definition) is 1. The summed E-state index contributed by atoms with van der Waals surface area (Å²) in [7, 11) is 0. The monoisotopic (exact) mass is 392 g/mol. The van der Waals surface area contributed by atoms with Gasteiger partial charge in [0, 0.05) is 15.5 Å². The molecule has 118 valence electrons. The zero-order valence-corrected chi connectivity index (χ0v) is 14.5. The lowest BCUT2D eigenvalue weighted by Gasteiger charge is -2.04. The lowest BCUT2D eigenvalue weighted by molar-refractivity contribution is 0.305. The van der Waals surface area contributed by atoms with Crippen molar-refractivity contribution < 1.29 is 9.13 Å². The van der Waals surface area contributed by atoms with Crippen molar-refractivity contribution in [2.24, 2.45) is 0 Å². The summed E-state index contributed by atoms with van der Waals surface area (Å²) in [6.07, 6.45) is 0. The van der Waals surface area contributed by atoms with Crippen molar-refractivity contribution in [1.82, 2.24) is 4.98 Å². The average Bonchev–Trinajstić information content (AvgIpc) is 3.02. The van der Waals surface area contributed by atoms with Crippen LogP contribution >= 0.6 is 27.3 Å². The number of benzene rings is 2. The molecule has 1 heterocycles. The number of aromatic nitrogens is 1. The van der Waals surface area contributed by atoms with E-state index in [2.05, 4.69) is 26.2 Å². The minimum absolute atomic E-state index is 0.270. The smallest absolute Gasteiger partial charge is 0.140 e. The number of halogens is 2. The fourth-order valence-electron chi connectivity index (χ4n) is 1.93. The van der Waals surface area contributed by atoms with Gasteiger partial charge in [-0.15, -0.1) is 11.3 Å².